The zero-order valence-electron chi connectivity index (χ0n) is 19.0. The Morgan fingerprint density at radius 3 is 2.53 bits per heavy atom. The van der Waals surface area contributed by atoms with Crippen LogP contribution in [0.5, 0.6) is 17.2 Å². The van der Waals surface area contributed by atoms with Crippen molar-refractivity contribution >= 4 is 22.8 Å². The molecule has 2 heterocycles. The van der Waals surface area contributed by atoms with Gasteiger partial charge in [-0.25, -0.2) is 9.97 Å². The van der Waals surface area contributed by atoms with Crippen molar-refractivity contribution in [2.24, 2.45) is 0 Å². The number of fused-ring (bicyclic) bond motifs is 1. The first-order valence-electron chi connectivity index (χ1n) is 10.7. The molecule has 1 unspecified atom stereocenters. The van der Waals surface area contributed by atoms with Gasteiger partial charge in [0.25, 0.3) is 0 Å². The van der Waals surface area contributed by atoms with Crippen molar-refractivity contribution in [1.29, 1.82) is 0 Å². The lowest BCUT2D eigenvalue weighted by atomic mass is 10.1. The summed E-state index contributed by atoms with van der Waals surface area (Å²) < 4.78 is 16.0. The lowest BCUT2D eigenvalue weighted by molar-refractivity contribution is 0.267. The first kappa shape index (κ1) is 23.3. The Labute approximate surface area is 188 Å². The van der Waals surface area contributed by atoms with Gasteiger partial charge in [-0.15, -0.1) is 0 Å². The molecule has 0 aliphatic carbocycles. The molecule has 0 aliphatic heterocycles. The third-order valence-electron chi connectivity index (χ3n) is 5.15. The normalized spacial score (nSPS) is 11.8. The summed E-state index contributed by atoms with van der Waals surface area (Å²) in [5.74, 6) is 3.03. The molecule has 0 saturated carbocycles. The van der Waals surface area contributed by atoms with Gasteiger partial charge >= 0.3 is 0 Å². The molecular weight excluding hydrogens is 410 g/mol. The van der Waals surface area contributed by atoms with E-state index in [0.29, 0.717) is 40.8 Å². The molecule has 0 radical (unpaired) electrons. The minimum absolute atomic E-state index is 0.00740. The minimum Gasteiger partial charge on any atom is -0.497 e. The van der Waals surface area contributed by atoms with Crippen molar-refractivity contribution < 1.29 is 19.3 Å². The molecule has 1 atom stereocenters. The van der Waals surface area contributed by atoms with Crippen LogP contribution in [0.25, 0.3) is 11.0 Å². The Morgan fingerprint density at radius 2 is 1.84 bits per heavy atom. The van der Waals surface area contributed by atoms with Crippen LogP contribution < -0.4 is 24.8 Å². The molecule has 0 fully saturated rings. The zero-order chi connectivity index (χ0) is 22.9. The molecule has 0 aliphatic rings. The summed E-state index contributed by atoms with van der Waals surface area (Å²) >= 11 is 0. The third-order valence-corrected chi connectivity index (χ3v) is 5.15. The van der Waals surface area contributed by atoms with Crippen molar-refractivity contribution in [2.45, 2.75) is 38.8 Å². The van der Waals surface area contributed by atoms with Gasteiger partial charge in [0, 0.05) is 24.2 Å². The Kier molecular flexibility index (Phi) is 8.27. The van der Waals surface area contributed by atoms with Crippen LogP contribution in [-0.4, -0.2) is 54.0 Å². The fourth-order valence-electron chi connectivity index (χ4n) is 3.32. The largest absolute Gasteiger partial charge is 0.497 e. The Morgan fingerprint density at radius 1 is 1.03 bits per heavy atom. The monoisotopic (exact) mass is 441 g/mol. The van der Waals surface area contributed by atoms with Gasteiger partial charge in [-0.3, -0.25) is 0 Å². The van der Waals surface area contributed by atoms with Gasteiger partial charge in [0.1, 0.15) is 28.3 Å². The highest BCUT2D eigenvalue weighted by atomic mass is 16.5. The number of anilines is 2. The molecule has 0 saturated heterocycles. The number of pyridine rings is 1. The van der Waals surface area contributed by atoms with E-state index in [9.17, 15) is 5.11 Å². The van der Waals surface area contributed by atoms with E-state index in [-0.39, 0.29) is 12.6 Å². The molecule has 32 heavy (non-hydrogen) atoms. The highest BCUT2D eigenvalue weighted by Gasteiger charge is 2.15. The number of hydrogen-bond acceptors (Lipinski definition) is 9. The van der Waals surface area contributed by atoms with Gasteiger partial charge in [-0.05, 0) is 18.6 Å². The zero-order valence-corrected chi connectivity index (χ0v) is 19.0. The van der Waals surface area contributed by atoms with Crippen LogP contribution in [0.3, 0.4) is 0 Å². The fraction of sp³-hybridized carbons (Fsp3) is 0.435. The van der Waals surface area contributed by atoms with E-state index in [4.69, 9.17) is 14.2 Å². The number of benzene rings is 1. The van der Waals surface area contributed by atoms with Gasteiger partial charge in [-0.2, -0.15) is 4.98 Å². The molecule has 3 rings (SSSR count). The second-order valence-electron chi connectivity index (χ2n) is 7.34. The van der Waals surface area contributed by atoms with Crippen molar-refractivity contribution in [3.8, 4) is 17.2 Å². The fourth-order valence-corrected chi connectivity index (χ4v) is 3.32. The summed E-state index contributed by atoms with van der Waals surface area (Å²) in [7, 11) is 4.83. The number of methoxy groups -OCH3 is 3. The minimum atomic E-state index is -0.119. The summed E-state index contributed by atoms with van der Waals surface area (Å²) in [6.45, 7) is 2.58. The Balaban J connectivity index is 1.90. The lowest BCUT2D eigenvalue weighted by Gasteiger charge is -2.18. The number of hydrogen-bond donors (Lipinski definition) is 3. The number of nitrogens with one attached hydrogen (secondary N) is 2. The first-order valence-corrected chi connectivity index (χ1v) is 10.7. The highest BCUT2D eigenvalue weighted by molar-refractivity contribution is 5.87. The number of ether oxygens (including phenoxy) is 3. The number of rotatable bonds is 12. The lowest BCUT2D eigenvalue weighted by Crippen LogP contribution is -2.25. The summed E-state index contributed by atoms with van der Waals surface area (Å²) in [4.78, 5) is 13.7. The summed E-state index contributed by atoms with van der Waals surface area (Å²) in [6.07, 6.45) is 4.52. The van der Waals surface area contributed by atoms with Gasteiger partial charge in [0.05, 0.1) is 40.2 Å². The Bertz CT molecular complexity index is 1030. The van der Waals surface area contributed by atoms with Crippen LogP contribution >= 0.6 is 0 Å². The SMILES string of the molecule is CCCCC(CO)Nc1nc(NCc2ccc(OC)cc2OC)nc2cc(OC)cnc12. The summed E-state index contributed by atoms with van der Waals surface area (Å²) in [6, 6.07) is 7.34. The van der Waals surface area contributed by atoms with Gasteiger partial charge < -0.3 is 30.0 Å². The standard InChI is InChI=1S/C23H31N5O4/c1-5-6-7-16(14-29)26-22-21-19(10-18(31-3)13-24-21)27-23(28-22)25-12-15-8-9-17(30-2)11-20(15)32-4/h8-11,13,16,29H,5-7,12,14H2,1-4H3,(H2,25,26,27,28). The predicted molar refractivity (Wildman–Crippen MR) is 125 cm³/mol. The third kappa shape index (κ3) is 5.67. The molecule has 172 valence electrons. The number of aliphatic hydroxyl groups is 1. The maximum Gasteiger partial charge on any atom is 0.225 e. The van der Waals surface area contributed by atoms with E-state index < -0.39 is 0 Å². The van der Waals surface area contributed by atoms with Gasteiger partial charge in [0.15, 0.2) is 5.82 Å². The van der Waals surface area contributed by atoms with Crippen LogP contribution in [0.15, 0.2) is 30.5 Å². The van der Waals surface area contributed by atoms with E-state index in [1.54, 1.807) is 27.5 Å². The Hall–Kier alpha value is -3.33. The molecule has 3 aromatic rings. The maximum atomic E-state index is 9.80. The second-order valence-corrected chi connectivity index (χ2v) is 7.34. The smallest absolute Gasteiger partial charge is 0.225 e. The van der Waals surface area contributed by atoms with Crippen molar-refractivity contribution in [2.75, 3.05) is 38.6 Å². The van der Waals surface area contributed by atoms with Crippen LogP contribution in [0.4, 0.5) is 11.8 Å². The molecule has 9 nitrogen and oxygen atoms in total. The average Bonchev–Trinajstić information content (AvgIpc) is 2.84. The molecule has 0 amide bonds. The number of nitrogens with zero attached hydrogens (tertiary/aromatic N) is 3. The summed E-state index contributed by atoms with van der Waals surface area (Å²) in [5.41, 5.74) is 2.19. The average molecular weight is 442 g/mol. The van der Waals surface area contributed by atoms with E-state index in [1.165, 1.54) is 0 Å². The second kappa shape index (κ2) is 11.3. The molecule has 0 bridgehead atoms. The summed E-state index contributed by atoms with van der Waals surface area (Å²) in [5, 5.41) is 16.4. The van der Waals surface area contributed by atoms with Gasteiger partial charge in [-0.1, -0.05) is 19.8 Å². The topological polar surface area (TPSA) is 111 Å². The molecular formula is C23H31N5O4. The highest BCUT2D eigenvalue weighted by Crippen LogP contribution is 2.27. The molecule has 2 aromatic heterocycles. The number of aromatic nitrogens is 3. The van der Waals surface area contributed by atoms with Crippen molar-refractivity contribution in [3.05, 3.63) is 36.0 Å². The number of unbranched alkanes of at least 4 members (excludes halogenated alkanes) is 1. The van der Waals surface area contributed by atoms with Gasteiger partial charge in [0.2, 0.25) is 5.95 Å². The number of aliphatic hydroxyl groups excluding tert-OH is 1. The molecule has 1 aromatic carbocycles. The van der Waals surface area contributed by atoms with Crippen LogP contribution in [-0.2, 0) is 6.54 Å². The predicted octanol–water partition coefficient (Wildman–Crippen LogP) is 3.63. The van der Waals surface area contributed by atoms with Crippen LogP contribution in [0.2, 0.25) is 0 Å². The molecule has 3 N–H and O–H groups in total. The van der Waals surface area contributed by atoms with Crippen molar-refractivity contribution in [1.82, 2.24) is 15.0 Å². The maximum absolute atomic E-state index is 9.80. The molecule has 9 heteroatoms. The van der Waals surface area contributed by atoms with Crippen LogP contribution in [0.1, 0.15) is 31.7 Å². The quantitative estimate of drug-likeness (QED) is 0.388. The first-order chi connectivity index (χ1) is 15.6. The van der Waals surface area contributed by atoms with E-state index in [1.807, 2.05) is 24.3 Å². The van der Waals surface area contributed by atoms with E-state index in [0.717, 1.165) is 30.6 Å². The van der Waals surface area contributed by atoms with E-state index in [2.05, 4.69) is 32.5 Å². The molecule has 0 spiro atoms. The van der Waals surface area contributed by atoms with Crippen LogP contribution in [0, 0.1) is 0 Å². The van der Waals surface area contributed by atoms with Crippen molar-refractivity contribution in [3.63, 3.8) is 0 Å². The van der Waals surface area contributed by atoms with E-state index >= 15 is 0 Å².